The lowest BCUT2D eigenvalue weighted by Gasteiger charge is -2.36. The molecule has 45 heavy (non-hydrogen) atoms. The van der Waals surface area contributed by atoms with Crippen molar-refractivity contribution in [3.8, 4) is 0 Å². The summed E-state index contributed by atoms with van der Waals surface area (Å²) in [5.41, 5.74) is 6.44. The van der Waals surface area contributed by atoms with E-state index in [1.165, 1.54) is 4.70 Å². The van der Waals surface area contributed by atoms with Gasteiger partial charge in [0.1, 0.15) is 0 Å². The number of aromatic nitrogens is 1. The Morgan fingerprint density at radius 1 is 0.867 bits per heavy atom. The Morgan fingerprint density at radius 3 is 2.27 bits per heavy atom. The van der Waals surface area contributed by atoms with Gasteiger partial charge in [-0.25, -0.2) is 10.5 Å². The average molecular weight is 650 g/mol. The number of thioether (sulfide) groups is 1. The van der Waals surface area contributed by atoms with Crippen molar-refractivity contribution in [2.75, 3.05) is 5.75 Å². The van der Waals surface area contributed by atoms with Crippen molar-refractivity contribution in [3.63, 3.8) is 0 Å². The van der Waals surface area contributed by atoms with Crippen LogP contribution in [0.25, 0.3) is 10.2 Å². The van der Waals surface area contributed by atoms with Crippen molar-refractivity contribution in [2.45, 2.75) is 80.9 Å². The molecule has 3 aromatic carbocycles. The number of nitrogens with zero attached hydrogens (tertiary/aromatic N) is 1. The summed E-state index contributed by atoms with van der Waals surface area (Å²) in [5, 5.41) is 21.0. The normalized spacial score (nSPS) is 18.1. The van der Waals surface area contributed by atoms with E-state index < -0.39 is 6.29 Å². The van der Waals surface area contributed by atoms with Crippen molar-refractivity contribution >= 4 is 45.1 Å². The van der Waals surface area contributed by atoms with Crippen molar-refractivity contribution in [2.24, 2.45) is 0 Å². The molecule has 0 spiro atoms. The fraction of sp³-hybridized carbons (Fsp3) is 0.382. The minimum atomic E-state index is -0.547. The van der Waals surface area contributed by atoms with Gasteiger partial charge in [-0.05, 0) is 41.7 Å². The second-order valence-corrected chi connectivity index (χ2v) is 13.4. The van der Waals surface area contributed by atoms with Gasteiger partial charge in [0.25, 0.3) is 0 Å². The molecule has 0 radical (unpaired) electrons. The SMILES string of the molecule is O=C(CCCCCCC(=O)NCc1ccc([C@H]2O[C@@H](CSc3nc4ccccc4s3)C[C@@H](c3ccc(CO)cc3)O2)cc1)NO. The first-order valence-corrected chi connectivity index (χ1v) is 17.1. The number of rotatable bonds is 15. The van der Waals surface area contributed by atoms with E-state index in [0.717, 1.165) is 57.1 Å². The third-order valence-electron chi connectivity index (χ3n) is 7.71. The standard InChI is InChI=1S/C34H39N3O6S2/c38-21-24-13-15-25(16-14-24)29-19-27(22-44-34-36-28-7-5-6-8-30(28)45-34)42-33(43-29)26-17-11-23(12-18-26)20-35-31(39)9-3-1-2-4-10-32(40)37-41/h5-8,11-18,27,29,33,38,41H,1-4,9-10,19-22H2,(H,35,39)(H,37,40)/t27-,29+,33+/m1/s1. The number of benzene rings is 3. The van der Waals surface area contributed by atoms with Gasteiger partial charge in [0.2, 0.25) is 11.8 Å². The van der Waals surface area contributed by atoms with E-state index in [1.807, 2.05) is 66.7 Å². The predicted octanol–water partition coefficient (Wildman–Crippen LogP) is 6.59. The van der Waals surface area contributed by atoms with E-state index in [1.54, 1.807) is 28.6 Å². The van der Waals surface area contributed by atoms with Gasteiger partial charge in [0.15, 0.2) is 10.6 Å². The minimum Gasteiger partial charge on any atom is -0.392 e. The summed E-state index contributed by atoms with van der Waals surface area (Å²) in [5.74, 6) is 0.357. The van der Waals surface area contributed by atoms with E-state index in [-0.39, 0.29) is 37.0 Å². The summed E-state index contributed by atoms with van der Waals surface area (Å²) in [6.07, 6.45) is 3.79. The summed E-state index contributed by atoms with van der Waals surface area (Å²) in [7, 11) is 0. The number of hydrogen-bond acceptors (Lipinski definition) is 9. The molecule has 238 valence electrons. The molecule has 9 nitrogen and oxygen atoms in total. The molecule has 0 unspecified atom stereocenters. The van der Waals surface area contributed by atoms with Gasteiger partial charge in [-0.3, -0.25) is 14.8 Å². The molecule has 11 heteroatoms. The molecule has 0 bridgehead atoms. The monoisotopic (exact) mass is 649 g/mol. The zero-order chi connectivity index (χ0) is 31.4. The van der Waals surface area contributed by atoms with Crippen molar-refractivity contribution < 1.29 is 29.4 Å². The number of aliphatic hydroxyl groups is 1. The quantitative estimate of drug-likeness (QED) is 0.0492. The maximum Gasteiger partial charge on any atom is 0.243 e. The van der Waals surface area contributed by atoms with Gasteiger partial charge in [-0.1, -0.05) is 85.3 Å². The van der Waals surface area contributed by atoms with Crippen LogP contribution in [0.1, 0.15) is 79.6 Å². The molecule has 1 aromatic heterocycles. The molecule has 4 aromatic rings. The Morgan fingerprint density at radius 2 is 1.56 bits per heavy atom. The van der Waals surface area contributed by atoms with Crippen molar-refractivity contribution in [3.05, 3.63) is 95.1 Å². The number of carbonyl (C=O) groups is 2. The van der Waals surface area contributed by atoms with Gasteiger partial charge in [-0.2, -0.15) is 0 Å². The zero-order valence-electron chi connectivity index (χ0n) is 25.0. The molecule has 5 rings (SSSR count). The number of ether oxygens (including phenoxy) is 2. The van der Waals surface area contributed by atoms with Crippen LogP contribution in [-0.2, 0) is 32.2 Å². The van der Waals surface area contributed by atoms with E-state index in [0.29, 0.717) is 25.8 Å². The fourth-order valence-electron chi connectivity index (χ4n) is 5.16. The van der Waals surface area contributed by atoms with E-state index in [9.17, 15) is 14.7 Å². The number of carbonyl (C=O) groups excluding carboxylic acids is 2. The van der Waals surface area contributed by atoms with Crippen LogP contribution in [0.5, 0.6) is 0 Å². The van der Waals surface area contributed by atoms with Crippen LogP contribution >= 0.6 is 23.1 Å². The second kappa shape index (κ2) is 16.8. The van der Waals surface area contributed by atoms with Crippen LogP contribution in [0.3, 0.4) is 0 Å². The van der Waals surface area contributed by atoms with Crippen LogP contribution in [0.15, 0.2) is 77.1 Å². The molecule has 3 atom stereocenters. The number of thiazole rings is 1. The summed E-state index contributed by atoms with van der Waals surface area (Å²) in [4.78, 5) is 28.1. The Hall–Kier alpha value is -3.32. The van der Waals surface area contributed by atoms with E-state index >= 15 is 0 Å². The van der Waals surface area contributed by atoms with Crippen molar-refractivity contribution in [1.29, 1.82) is 0 Å². The van der Waals surface area contributed by atoms with Crippen molar-refractivity contribution in [1.82, 2.24) is 15.8 Å². The van der Waals surface area contributed by atoms with E-state index in [4.69, 9.17) is 19.7 Å². The molecular weight excluding hydrogens is 611 g/mol. The van der Waals surface area contributed by atoms with Gasteiger partial charge in [0.05, 0.1) is 29.0 Å². The smallest absolute Gasteiger partial charge is 0.243 e. The molecule has 1 aliphatic rings. The average Bonchev–Trinajstić information content (AvgIpc) is 3.51. The lowest BCUT2D eigenvalue weighted by molar-refractivity contribution is -0.245. The Labute approximate surface area is 271 Å². The third kappa shape index (κ3) is 9.83. The van der Waals surface area contributed by atoms with Crippen LogP contribution in [0.2, 0.25) is 0 Å². The first-order valence-electron chi connectivity index (χ1n) is 15.3. The highest BCUT2D eigenvalue weighted by atomic mass is 32.2. The summed E-state index contributed by atoms with van der Waals surface area (Å²) < 4.78 is 15.2. The molecule has 4 N–H and O–H groups in total. The molecule has 2 amide bonds. The highest BCUT2D eigenvalue weighted by Gasteiger charge is 2.32. The highest BCUT2D eigenvalue weighted by molar-refractivity contribution is 8.01. The highest BCUT2D eigenvalue weighted by Crippen LogP contribution is 2.40. The van der Waals surface area contributed by atoms with Crippen LogP contribution in [0.4, 0.5) is 0 Å². The minimum absolute atomic E-state index is 0.000826. The number of aliphatic hydroxyl groups excluding tert-OH is 1. The summed E-state index contributed by atoms with van der Waals surface area (Å²) in [6, 6.07) is 24.0. The Bertz CT molecular complexity index is 1500. The van der Waals surface area contributed by atoms with Gasteiger partial charge < -0.3 is 19.9 Å². The maximum absolute atomic E-state index is 12.3. The summed E-state index contributed by atoms with van der Waals surface area (Å²) in [6.45, 7) is 0.433. The van der Waals surface area contributed by atoms with Crippen LogP contribution in [-0.4, -0.2) is 39.0 Å². The van der Waals surface area contributed by atoms with Crippen LogP contribution < -0.4 is 10.8 Å². The fourth-order valence-corrected chi connectivity index (χ4v) is 7.27. The molecule has 0 saturated carbocycles. The van der Waals surface area contributed by atoms with Crippen LogP contribution in [0, 0.1) is 0 Å². The zero-order valence-corrected chi connectivity index (χ0v) is 26.7. The lowest BCUT2D eigenvalue weighted by Crippen LogP contribution is -2.31. The number of hydroxylamine groups is 1. The topological polar surface area (TPSA) is 130 Å². The Kier molecular flexibility index (Phi) is 12.4. The van der Waals surface area contributed by atoms with Gasteiger partial charge in [-0.15, -0.1) is 11.3 Å². The number of nitrogens with one attached hydrogen (secondary N) is 2. The number of para-hydroxylation sites is 1. The second-order valence-electron chi connectivity index (χ2n) is 11.1. The molecule has 1 aliphatic heterocycles. The lowest BCUT2D eigenvalue weighted by atomic mass is 10.0. The molecule has 2 heterocycles. The number of amides is 2. The summed E-state index contributed by atoms with van der Waals surface area (Å²) >= 11 is 3.40. The number of unbranched alkanes of at least 4 members (excludes halogenated alkanes) is 3. The molecular formula is C34H39N3O6S2. The largest absolute Gasteiger partial charge is 0.392 e. The Balaban J connectivity index is 1.16. The number of hydrogen-bond donors (Lipinski definition) is 4. The molecule has 0 aliphatic carbocycles. The molecule has 1 saturated heterocycles. The maximum atomic E-state index is 12.3. The van der Waals surface area contributed by atoms with Gasteiger partial charge >= 0.3 is 0 Å². The third-order valence-corrected chi connectivity index (χ3v) is 10.0. The number of fused-ring (bicyclic) bond motifs is 1. The van der Waals surface area contributed by atoms with E-state index in [2.05, 4.69) is 11.4 Å². The first-order chi connectivity index (χ1) is 22.0. The predicted molar refractivity (Wildman–Crippen MR) is 175 cm³/mol. The van der Waals surface area contributed by atoms with Gasteiger partial charge in [0, 0.05) is 37.1 Å². The first kappa shape index (κ1) is 33.1. The molecule has 1 fully saturated rings.